The third kappa shape index (κ3) is 4.93. The zero-order valence-electron chi connectivity index (χ0n) is 15.1. The zero-order valence-corrected chi connectivity index (χ0v) is 15.1. The van der Waals surface area contributed by atoms with Gasteiger partial charge in [-0.1, -0.05) is 42.5 Å². The lowest BCUT2D eigenvalue weighted by molar-refractivity contribution is -0.116. The number of carbonyl (C=O) groups is 1. The Morgan fingerprint density at radius 3 is 2.54 bits per heavy atom. The summed E-state index contributed by atoms with van der Waals surface area (Å²) in [4.78, 5) is 16.5. The lowest BCUT2D eigenvalue weighted by Crippen LogP contribution is -2.12. The molecule has 2 aromatic carbocycles. The highest BCUT2D eigenvalue weighted by atomic mass is 16.1. The molecule has 4 nitrogen and oxygen atoms in total. The highest BCUT2D eigenvalue weighted by Gasteiger charge is 2.05. The number of rotatable bonds is 6. The molecule has 0 aliphatic carbocycles. The molecule has 0 radical (unpaired) electrons. The molecule has 0 spiro atoms. The summed E-state index contributed by atoms with van der Waals surface area (Å²) in [5.41, 5.74) is 5.26. The summed E-state index contributed by atoms with van der Waals surface area (Å²) >= 11 is 0. The van der Waals surface area contributed by atoms with Crippen LogP contribution in [0.4, 0.5) is 17.2 Å². The maximum atomic E-state index is 12.1. The van der Waals surface area contributed by atoms with Gasteiger partial charge in [-0.05, 0) is 55.2 Å². The number of aryl methyl sites for hydroxylation is 3. The lowest BCUT2D eigenvalue weighted by Gasteiger charge is -2.11. The van der Waals surface area contributed by atoms with Crippen molar-refractivity contribution in [2.24, 2.45) is 0 Å². The quantitative estimate of drug-likeness (QED) is 0.660. The minimum atomic E-state index is -0.00843. The normalized spacial score (nSPS) is 10.4. The summed E-state index contributed by atoms with van der Waals surface area (Å²) in [6, 6.07) is 20.0. The fourth-order valence-electron chi connectivity index (χ4n) is 2.68. The molecular weight excluding hydrogens is 322 g/mol. The van der Waals surface area contributed by atoms with Gasteiger partial charge in [-0.15, -0.1) is 0 Å². The predicted molar refractivity (Wildman–Crippen MR) is 107 cm³/mol. The minimum Gasteiger partial charge on any atom is -0.340 e. The van der Waals surface area contributed by atoms with Crippen molar-refractivity contribution in [3.63, 3.8) is 0 Å². The van der Waals surface area contributed by atoms with Crippen molar-refractivity contribution >= 4 is 23.1 Å². The van der Waals surface area contributed by atoms with Gasteiger partial charge < -0.3 is 10.6 Å². The molecule has 0 saturated heterocycles. The molecule has 26 heavy (non-hydrogen) atoms. The number of aromatic nitrogens is 1. The second-order valence-electron chi connectivity index (χ2n) is 6.41. The SMILES string of the molecule is Cc1ccc(C)c(Nc2ccc(NC(=O)CCc3ccccc3)cn2)c1. The van der Waals surface area contributed by atoms with Gasteiger partial charge in [-0.2, -0.15) is 0 Å². The number of carbonyl (C=O) groups excluding carboxylic acids is 1. The van der Waals surface area contributed by atoms with E-state index in [1.54, 1.807) is 6.20 Å². The molecule has 0 aliphatic heterocycles. The number of benzene rings is 2. The number of anilines is 3. The fourth-order valence-corrected chi connectivity index (χ4v) is 2.68. The Morgan fingerprint density at radius 2 is 1.81 bits per heavy atom. The standard InChI is InChI=1S/C22H23N3O/c1-16-8-9-17(2)20(14-16)25-21-12-11-19(15-23-21)24-22(26)13-10-18-6-4-3-5-7-18/h3-9,11-12,14-15H,10,13H2,1-2H3,(H,23,25)(H,24,26). The lowest BCUT2D eigenvalue weighted by atomic mass is 10.1. The van der Waals surface area contributed by atoms with Crippen molar-refractivity contribution in [2.45, 2.75) is 26.7 Å². The molecule has 1 amide bonds. The molecule has 3 rings (SSSR count). The van der Waals surface area contributed by atoms with Crippen molar-refractivity contribution in [2.75, 3.05) is 10.6 Å². The van der Waals surface area contributed by atoms with Crippen LogP contribution in [-0.2, 0) is 11.2 Å². The molecule has 4 heteroatoms. The van der Waals surface area contributed by atoms with Gasteiger partial charge in [0, 0.05) is 12.1 Å². The van der Waals surface area contributed by atoms with E-state index >= 15 is 0 Å². The van der Waals surface area contributed by atoms with E-state index in [0.717, 1.165) is 29.1 Å². The third-order valence-corrected chi connectivity index (χ3v) is 4.19. The van der Waals surface area contributed by atoms with E-state index in [0.29, 0.717) is 12.1 Å². The number of nitrogens with one attached hydrogen (secondary N) is 2. The van der Waals surface area contributed by atoms with Gasteiger partial charge in [0.25, 0.3) is 0 Å². The van der Waals surface area contributed by atoms with Crippen LogP contribution >= 0.6 is 0 Å². The molecule has 0 aliphatic rings. The molecular formula is C22H23N3O. The van der Waals surface area contributed by atoms with Crippen LogP contribution in [-0.4, -0.2) is 10.9 Å². The van der Waals surface area contributed by atoms with Crippen LogP contribution in [0.15, 0.2) is 66.9 Å². The first kappa shape index (κ1) is 17.7. The maximum Gasteiger partial charge on any atom is 0.224 e. The van der Waals surface area contributed by atoms with E-state index in [1.165, 1.54) is 5.56 Å². The number of hydrogen-bond acceptors (Lipinski definition) is 3. The number of pyridine rings is 1. The smallest absolute Gasteiger partial charge is 0.224 e. The van der Waals surface area contributed by atoms with Gasteiger partial charge in [-0.25, -0.2) is 4.98 Å². The van der Waals surface area contributed by atoms with Crippen molar-refractivity contribution in [1.82, 2.24) is 4.98 Å². The second kappa shape index (κ2) is 8.30. The average Bonchev–Trinajstić information content (AvgIpc) is 2.65. The monoisotopic (exact) mass is 345 g/mol. The van der Waals surface area contributed by atoms with Crippen LogP contribution in [0.1, 0.15) is 23.1 Å². The molecule has 2 N–H and O–H groups in total. The van der Waals surface area contributed by atoms with Crippen molar-refractivity contribution < 1.29 is 4.79 Å². The molecule has 132 valence electrons. The Balaban J connectivity index is 1.55. The van der Waals surface area contributed by atoms with E-state index in [4.69, 9.17) is 0 Å². The Kier molecular flexibility index (Phi) is 5.64. The molecule has 0 saturated carbocycles. The fraction of sp³-hybridized carbons (Fsp3) is 0.182. The molecule has 3 aromatic rings. The topological polar surface area (TPSA) is 54.0 Å². The minimum absolute atomic E-state index is 0.00843. The number of nitrogens with zero attached hydrogens (tertiary/aromatic N) is 1. The van der Waals surface area contributed by atoms with E-state index in [2.05, 4.69) is 47.7 Å². The number of amides is 1. The van der Waals surface area contributed by atoms with Crippen molar-refractivity contribution in [1.29, 1.82) is 0 Å². The van der Waals surface area contributed by atoms with Crippen LogP contribution in [0.3, 0.4) is 0 Å². The van der Waals surface area contributed by atoms with Gasteiger partial charge >= 0.3 is 0 Å². The third-order valence-electron chi connectivity index (χ3n) is 4.19. The zero-order chi connectivity index (χ0) is 18.4. The average molecular weight is 345 g/mol. The molecule has 1 heterocycles. The Labute approximate surface area is 154 Å². The van der Waals surface area contributed by atoms with Crippen LogP contribution in [0.25, 0.3) is 0 Å². The Hall–Kier alpha value is -3.14. The summed E-state index contributed by atoms with van der Waals surface area (Å²) in [6.45, 7) is 4.12. The summed E-state index contributed by atoms with van der Waals surface area (Å²) in [6.07, 6.45) is 2.85. The Morgan fingerprint density at radius 1 is 1.00 bits per heavy atom. The molecule has 0 bridgehead atoms. The van der Waals surface area contributed by atoms with Gasteiger partial charge in [0.1, 0.15) is 5.82 Å². The summed E-state index contributed by atoms with van der Waals surface area (Å²) in [5.74, 6) is 0.742. The largest absolute Gasteiger partial charge is 0.340 e. The highest BCUT2D eigenvalue weighted by molar-refractivity contribution is 5.90. The highest BCUT2D eigenvalue weighted by Crippen LogP contribution is 2.21. The van der Waals surface area contributed by atoms with Crippen LogP contribution in [0.2, 0.25) is 0 Å². The van der Waals surface area contributed by atoms with E-state index in [9.17, 15) is 4.79 Å². The molecule has 1 aromatic heterocycles. The number of hydrogen-bond donors (Lipinski definition) is 2. The summed E-state index contributed by atoms with van der Waals surface area (Å²) < 4.78 is 0. The van der Waals surface area contributed by atoms with Gasteiger partial charge in [-0.3, -0.25) is 4.79 Å². The first-order valence-electron chi connectivity index (χ1n) is 8.74. The first-order valence-corrected chi connectivity index (χ1v) is 8.74. The summed E-state index contributed by atoms with van der Waals surface area (Å²) in [7, 11) is 0. The molecule has 0 fully saturated rings. The second-order valence-corrected chi connectivity index (χ2v) is 6.41. The van der Waals surface area contributed by atoms with Gasteiger partial charge in [0.2, 0.25) is 5.91 Å². The van der Waals surface area contributed by atoms with Crippen LogP contribution in [0.5, 0.6) is 0 Å². The van der Waals surface area contributed by atoms with Gasteiger partial charge in [0.05, 0.1) is 11.9 Å². The van der Waals surface area contributed by atoms with Crippen LogP contribution < -0.4 is 10.6 Å². The van der Waals surface area contributed by atoms with Gasteiger partial charge in [0.15, 0.2) is 0 Å². The molecule has 0 unspecified atom stereocenters. The first-order chi connectivity index (χ1) is 12.6. The Bertz CT molecular complexity index is 874. The van der Waals surface area contributed by atoms with Crippen molar-refractivity contribution in [3.05, 3.63) is 83.6 Å². The van der Waals surface area contributed by atoms with E-state index in [-0.39, 0.29) is 5.91 Å². The molecule has 0 atom stereocenters. The van der Waals surface area contributed by atoms with Crippen molar-refractivity contribution in [3.8, 4) is 0 Å². The van der Waals surface area contributed by atoms with E-state index < -0.39 is 0 Å². The summed E-state index contributed by atoms with van der Waals surface area (Å²) in [5, 5.41) is 6.21. The van der Waals surface area contributed by atoms with Crippen LogP contribution in [0, 0.1) is 13.8 Å². The maximum absolute atomic E-state index is 12.1. The predicted octanol–water partition coefficient (Wildman–Crippen LogP) is 5.01. The van der Waals surface area contributed by atoms with E-state index in [1.807, 2.05) is 42.5 Å².